The van der Waals surface area contributed by atoms with Crippen molar-refractivity contribution in [1.82, 2.24) is 20.4 Å². The maximum atomic E-state index is 12.7. The number of aliphatic hydroxyl groups excluding tert-OH is 1. The minimum Gasteiger partial charge on any atom is -0.748 e. The summed E-state index contributed by atoms with van der Waals surface area (Å²) >= 11 is 2.11. The molecule has 1 fully saturated rings. The van der Waals surface area contributed by atoms with Crippen LogP contribution in [0, 0.1) is 0 Å². The zero-order valence-electron chi connectivity index (χ0n) is 19.5. The van der Waals surface area contributed by atoms with Gasteiger partial charge in [0.2, 0.25) is 5.89 Å². The standard InChI is InChI=1S/C19H18N4O9S3.2Na/c24-14(9-4-2-1-3-5-9)15(25)20-12-16(26)23-13(18(27)28)10(6-33-17(12)23)7-34-19-22-21-11(32-19)8-35(29,30)31;;/h1-5,12,14,17,24H,6-8H2,(H,20,25)(H,27,28)(H,29,30,31);;/q;2*+1/p-2/t12?,14-,17-;;/m1../s1. The fourth-order valence-corrected chi connectivity index (χ4v) is 6.14. The van der Waals surface area contributed by atoms with Gasteiger partial charge >= 0.3 is 59.1 Å². The molecule has 2 aliphatic rings. The maximum Gasteiger partial charge on any atom is 1.00 e. The van der Waals surface area contributed by atoms with Crippen LogP contribution in [0.4, 0.5) is 0 Å². The van der Waals surface area contributed by atoms with Gasteiger partial charge in [-0.1, -0.05) is 42.1 Å². The van der Waals surface area contributed by atoms with Crippen molar-refractivity contribution in [1.29, 1.82) is 0 Å². The number of nitrogens with one attached hydrogen (secondary N) is 1. The van der Waals surface area contributed by atoms with E-state index in [4.69, 9.17) is 4.42 Å². The normalized spacial score (nSPS) is 19.6. The molecule has 3 atom stereocenters. The molecule has 37 heavy (non-hydrogen) atoms. The van der Waals surface area contributed by atoms with Crippen molar-refractivity contribution in [2.24, 2.45) is 0 Å². The second-order valence-electron chi connectivity index (χ2n) is 7.40. The Morgan fingerprint density at radius 1 is 1.27 bits per heavy atom. The van der Waals surface area contributed by atoms with Gasteiger partial charge in [-0.25, -0.2) is 8.42 Å². The molecule has 3 heterocycles. The van der Waals surface area contributed by atoms with E-state index in [1.165, 1.54) is 11.8 Å². The van der Waals surface area contributed by atoms with Crippen LogP contribution in [-0.4, -0.2) is 73.9 Å². The number of amides is 2. The van der Waals surface area contributed by atoms with Gasteiger partial charge in [-0.2, -0.15) is 0 Å². The zero-order valence-corrected chi connectivity index (χ0v) is 26.0. The summed E-state index contributed by atoms with van der Waals surface area (Å²) in [5.41, 5.74) is 0.314. The van der Waals surface area contributed by atoms with Crippen LogP contribution in [0.3, 0.4) is 0 Å². The molecule has 0 spiro atoms. The fraction of sp³-hybridized carbons (Fsp3) is 0.316. The number of aliphatic carboxylic acids is 1. The second kappa shape index (κ2) is 13.4. The summed E-state index contributed by atoms with van der Waals surface area (Å²) in [5, 5.41) is 30.8. The molecule has 0 aliphatic carbocycles. The number of hydrogen-bond donors (Lipinski definition) is 2. The van der Waals surface area contributed by atoms with Crippen molar-refractivity contribution in [3.05, 3.63) is 53.1 Å². The van der Waals surface area contributed by atoms with Crippen molar-refractivity contribution in [3.8, 4) is 0 Å². The number of aromatic nitrogens is 2. The third-order valence-electron chi connectivity index (χ3n) is 5.02. The Morgan fingerprint density at radius 3 is 2.57 bits per heavy atom. The number of carboxylic acid groups (broad SMARTS) is 1. The minimum absolute atomic E-state index is 0. The molecule has 0 saturated carbocycles. The SMILES string of the molecule is O=C([O-])C1=C(CSc2nnc(CS(=O)(=O)[O-])o2)CS[C@@H]2C(NC(=O)[C@H](O)c3ccccc3)C(=O)N12.[Na+].[Na+]. The van der Waals surface area contributed by atoms with Crippen LogP contribution in [0.2, 0.25) is 0 Å². The zero-order chi connectivity index (χ0) is 25.3. The number of carbonyl (C=O) groups excluding carboxylic acids is 3. The summed E-state index contributed by atoms with van der Waals surface area (Å²) in [6.07, 6.45) is -1.49. The van der Waals surface area contributed by atoms with E-state index in [0.29, 0.717) is 11.1 Å². The van der Waals surface area contributed by atoms with E-state index < -0.39 is 57.1 Å². The van der Waals surface area contributed by atoms with E-state index in [-0.39, 0.29) is 81.5 Å². The van der Waals surface area contributed by atoms with Crippen LogP contribution in [0.1, 0.15) is 17.6 Å². The Kier molecular flexibility index (Phi) is 11.7. The number of fused-ring (bicyclic) bond motifs is 1. The number of benzene rings is 1. The number of β-lactam (4-membered cyclic amide) rings is 1. The Bertz CT molecular complexity index is 1310. The first-order valence-corrected chi connectivity index (χ1v) is 13.5. The summed E-state index contributed by atoms with van der Waals surface area (Å²) in [4.78, 5) is 38.0. The van der Waals surface area contributed by atoms with Crippen LogP contribution in [0.5, 0.6) is 0 Å². The molecule has 1 aromatic heterocycles. The third kappa shape index (κ3) is 7.60. The fourth-order valence-electron chi connectivity index (χ4n) is 3.46. The van der Waals surface area contributed by atoms with E-state index >= 15 is 0 Å². The van der Waals surface area contributed by atoms with Gasteiger partial charge in [0.1, 0.15) is 27.3 Å². The first kappa shape index (κ1) is 32.3. The van der Waals surface area contributed by atoms with Crippen molar-refractivity contribution >= 4 is 51.4 Å². The topological polar surface area (TPSA) is 206 Å². The monoisotopic (exact) mass is 586 g/mol. The van der Waals surface area contributed by atoms with Crippen LogP contribution in [-0.2, 0) is 30.3 Å². The smallest absolute Gasteiger partial charge is 0.748 e. The van der Waals surface area contributed by atoms with E-state index in [9.17, 15) is 37.6 Å². The van der Waals surface area contributed by atoms with Crippen molar-refractivity contribution in [2.45, 2.75) is 28.5 Å². The summed E-state index contributed by atoms with van der Waals surface area (Å²) in [6, 6.07) is 7.11. The van der Waals surface area contributed by atoms with Gasteiger partial charge in [0.25, 0.3) is 17.0 Å². The minimum atomic E-state index is -4.61. The van der Waals surface area contributed by atoms with E-state index in [1.807, 2.05) is 0 Å². The number of aliphatic hydroxyl groups is 1. The Hall–Kier alpha value is -0.920. The molecule has 13 nitrogen and oxygen atoms in total. The van der Waals surface area contributed by atoms with Gasteiger partial charge in [-0.15, -0.1) is 22.0 Å². The van der Waals surface area contributed by atoms with Crippen LogP contribution >= 0.6 is 23.5 Å². The first-order valence-electron chi connectivity index (χ1n) is 9.85. The Balaban J connectivity index is 0.00000241. The third-order valence-corrected chi connectivity index (χ3v) is 7.87. The molecule has 0 radical (unpaired) electrons. The van der Waals surface area contributed by atoms with Gasteiger partial charge in [0, 0.05) is 11.5 Å². The molecular formula is C19H16N4Na2O9S3. The van der Waals surface area contributed by atoms with Gasteiger partial charge in [-0.3, -0.25) is 14.5 Å². The molecule has 4 rings (SSSR count). The van der Waals surface area contributed by atoms with Crippen molar-refractivity contribution in [3.63, 3.8) is 0 Å². The van der Waals surface area contributed by atoms with Gasteiger partial charge in [0.05, 0.1) is 11.7 Å². The number of thioether (sulfide) groups is 2. The van der Waals surface area contributed by atoms with Crippen LogP contribution in [0.25, 0.3) is 0 Å². The molecule has 18 heteroatoms. The van der Waals surface area contributed by atoms with E-state index in [1.54, 1.807) is 30.3 Å². The average molecular weight is 587 g/mol. The summed E-state index contributed by atoms with van der Waals surface area (Å²) in [5.74, 6) is -4.24. The molecule has 1 unspecified atom stereocenters. The summed E-state index contributed by atoms with van der Waals surface area (Å²) in [7, 11) is -4.61. The van der Waals surface area contributed by atoms with Crippen molar-refractivity contribution in [2.75, 3.05) is 11.5 Å². The van der Waals surface area contributed by atoms with Gasteiger partial charge in [0.15, 0.2) is 6.10 Å². The number of hydrogen-bond acceptors (Lipinski definition) is 13. The number of rotatable bonds is 9. The molecular weight excluding hydrogens is 570 g/mol. The van der Waals surface area contributed by atoms with Crippen LogP contribution < -0.4 is 69.5 Å². The quantitative estimate of drug-likeness (QED) is 0.121. The summed E-state index contributed by atoms with van der Waals surface area (Å²) in [6.45, 7) is 0. The van der Waals surface area contributed by atoms with E-state index in [0.717, 1.165) is 16.7 Å². The maximum absolute atomic E-state index is 12.7. The average Bonchev–Trinajstić information content (AvgIpc) is 3.25. The molecule has 2 aromatic rings. The number of carboxylic acids is 1. The Labute approximate surface area is 263 Å². The predicted molar refractivity (Wildman–Crippen MR) is 117 cm³/mol. The van der Waals surface area contributed by atoms with Crippen molar-refractivity contribution < 1.29 is 101 Å². The number of carbonyl (C=O) groups is 3. The van der Waals surface area contributed by atoms with E-state index in [2.05, 4.69) is 15.5 Å². The van der Waals surface area contributed by atoms with Crippen LogP contribution in [0.15, 0.2) is 51.2 Å². The molecule has 1 aromatic carbocycles. The largest absolute Gasteiger partial charge is 1.00 e. The van der Waals surface area contributed by atoms with Gasteiger partial charge in [-0.05, 0) is 11.1 Å². The molecule has 0 bridgehead atoms. The first-order chi connectivity index (χ1) is 16.5. The molecule has 2 aliphatic heterocycles. The van der Waals surface area contributed by atoms with Gasteiger partial charge < -0.3 is 29.3 Å². The predicted octanol–water partition coefficient (Wildman–Crippen LogP) is -7.65. The Morgan fingerprint density at radius 2 is 1.95 bits per heavy atom. The second-order valence-corrected chi connectivity index (χ2v) is 10.8. The summed E-state index contributed by atoms with van der Waals surface area (Å²) < 4.78 is 37.4. The molecule has 1 saturated heterocycles. The molecule has 186 valence electrons. The molecule has 2 N–H and O–H groups in total. The molecule has 2 amide bonds. The number of nitrogens with zero attached hydrogens (tertiary/aromatic N) is 3.